The van der Waals surface area contributed by atoms with Crippen LogP contribution in [0, 0.1) is 0 Å². The first-order valence-electron chi connectivity index (χ1n) is 12.7. The number of allylic oxidation sites excluding steroid dienone is 3. The number of nitrogens with zero attached hydrogens (tertiary/aromatic N) is 1. The van der Waals surface area contributed by atoms with Crippen LogP contribution >= 0.6 is 11.9 Å². The SMILES string of the molecule is CC(C)c1ccc(SNC(=O)C(c2ccc3c(c2)OCO3)c2cn(C)c3c2C=CCC(/C=C/C(=O)O)=C3)cc1. The highest BCUT2D eigenvalue weighted by Gasteiger charge is 2.30. The van der Waals surface area contributed by atoms with Crippen molar-refractivity contribution in [2.45, 2.75) is 37.0 Å². The van der Waals surface area contributed by atoms with Crippen molar-refractivity contribution in [2.75, 3.05) is 6.79 Å². The molecule has 0 saturated carbocycles. The number of carbonyl (C=O) groups is 2. The Kier molecular flexibility index (Phi) is 7.65. The molecule has 0 saturated heterocycles. The quantitative estimate of drug-likeness (QED) is 0.257. The zero-order valence-electron chi connectivity index (χ0n) is 22.0. The molecule has 0 spiro atoms. The van der Waals surface area contributed by atoms with E-state index in [0.29, 0.717) is 23.8 Å². The molecule has 1 amide bonds. The van der Waals surface area contributed by atoms with Crippen LogP contribution in [0.5, 0.6) is 11.5 Å². The van der Waals surface area contributed by atoms with Gasteiger partial charge in [-0.15, -0.1) is 0 Å². The maximum absolute atomic E-state index is 13.9. The van der Waals surface area contributed by atoms with Gasteiger partial charge in [0.05, 0.1) is 5.92 Å². The minimum absolute atomic E-state index is 0.152. The third-order valence-electron chi connectivity index (χ3n) is 6.82. The van der Waals surface area contributed by atoms with Crippen molar-refractivity contribution in [3.8, 4) is 11.5 Å². The molecule has 2 aliphatic rings. The number of ether oxygens (including phenoxy) is 2. The molecule has 2 heterocycles. The fourth-order valence-corrected chi connectivity index (χ4v) is 5.38. The molecule has 1 unspecified atom stereocenters. The summed E-state index contributed by atoms with van der Waals surface area (Å²) in [7, 11) is 1.93. The van der Waals surface area contributed by atoms with Crippen molar-refractivity contribution in [3.63, 3.8) is 0 Å². The summed E-state index contributed by atoms with van der Waals surface area (Å²) in [4.78, 5) is 25.9. The second-order valence-electron chi connectivity index (χ2n) is 9.83. The zero-order valence-corrected chi connectivity index (χ0v) is 22.8. The number of carboxylic acids is 1. The Morgan fingerprint density at radius 2 is 1.82 bits per heavy atom. The lowest BCUT2D eigenvalue weighted by Gasteiger charge is -2.18. The normalized spacial score (nSPS) is 14.7. The van der Waals surface area contributed by atoms with Crippen molar-refractivity contribution in [3.05, 3.63) is 100 Å². The number of fused-ring (bicyclic) bond motifs is 2. The largest absolute Gasteiger partial charge is 0.478 e. The molecule has 1 atom stereocenters. The molecule has 2 N–H and O–H groups in total. The van der Waals surface area contributed by atoms with E-state index in [0.717, 1.165) is 38.9 Å². The average Bonchev–Trinajstić information content (AvgIpc) is 3.42. The fourth-order valence-electron chi connectivity index (χ4n) is 4.77. The van der Waals surface area contributed by atoms with Crippen LogP contribution in [0.4, 0.5) is 0 Å². The van der Waals surface area contributed by atoms with Gasteiger partial charge in [-0.25, -0.2) is 4.79 Å². The molecule has 8 heteroatoms. The van der Waals surface area contributed by atoms with Gasteiger partial charge in [0.25, 0.3) is 0 Å². The highest BCUT2D eigenvalue weighted by atomic mass is 32.2. The summed E-state index contributed by atoms with van der Waals surface area (Å²) in [6.07, 6.45) is 11.3. The second-order valence-corrected chi connectivity index (χ2v) is 10.7. The molecule has 0 bridgehead atoms. The Balaban J connectivity index is 1.51. The lowest BCUT2D eigenvalue weighted by Crippen LogP contribution is -2.25. The smallest absolute Gasteiger partial charge is 0.328 e. The van der Waals surface area contributed by atoms with E-state index < -0.39 is 11.9 Å². The van der Waals surface area contributed by atoms with E-state index in [1.54, 1.807) is 6.08 Å². The predicted octanol–water partition coefficient (Wildman–Crippen LogP) is 6.27. The Hall–Kier alpha value is -4.17. The van der Waals surface area contributed by atoms with Gasteiger partial charge >= 0.3 is 5.97 Å². The molecular formula is C31H30N2O5S. The highest BCUT2D eigenvalue weighted by molar-refractivity contribution is 7.98. The summed E-state index contributed by atoms with van der Waals surface area (Å²) in [5, 5.41) is 9.06. The molecule has 1 aromatic heterocycles. The molecule has 7 nitrogen and oxygen atoms in total. The van der Waals surface area contributed by atoms with Crippen LogP contribution in [0.3, 0.4) is 0 Å². The molecular weight excluding hydrogens is 512 g/mol. The highest BCUT2D eigenvalue weighted by Crippen LogP contribution is 2.40. The third-order valence-corrected chi connectivity index (χ3v) is 7.63. The van der Waals surface area contributed by atoms with Crippen LogP contribution < -0.4 is 14.2 Å². The van der Waals surface area contributed by atoms with Gasteiger partial charge in [0, 0.05) is 35.5 Å². The number of nitrogens with one attached hydrogen (secondary N) is 1. The van der Waals surface area contributed by atoms with Gasteiger partial charge in [0.15, 0.2) is 11.5 Å². The number of benzene rings is 2. The summed E-state index contributed by atoms with van der Waals surface area (Å²) in [6, 6.07) is 13.8. The van der Waals surface area contributed by atoms with Crippen LogP contribution in [0.2, 0.25) is 0 Å². The van der Waals surface area contributed by atoms with Crippen LogP contribution in [-0.4, -0.2) is 28.3 Å². The maximum Gasteiger partial charge on any atom is 0.328 e. The predicted molar refractivity (Wildman–Crippen MR) is 153 cm³/mol. The van der Waals surface area contributed by atoms with E-state index >= 15 is 0 Å². The molecule has 1 aliphatic carbocycles. The Morgan fingerprint density at radius 1 is 1.08 bits per heavy atom. The number of hydrogen-bond acceptors (Lipinski definition) is 5. The monoisotopic (exact) mass is 542 g/mol. The first kappa shape index (κ1) is 26.4. The number of aliphatic carboxylic acids is 1. The van der Waals surface area contributed by atoms with Gasteiger partial charge in [-0.2, -0.15) is 0 Å². The second kappa shape index (κ2) is 11.3. The van der Waals surface area contributed by atoms with E-state index in [1.165, 1.54) is 17.5 Å². The van der Waals surface area contributed by atoms with Gasteiger partial charge in [0.2, 0.25) is 12.7 Å². The number of carbonyl (C=O) groups excluding carboxylic acids is 1. The minimum atomic E-state index is -0.993. The summed E-state index contributed by atoms with van der Waals surface area (Å²) >= 11 is 1.29. The topological polar surface area (TPSA) is 89.8 Å². The Labute approximate surface area is 232 Å². The maximum atomic E-state index is 13.9. The van der Waals surface area contributed by atoms with Crippen molar-refractivity contribution >= 4 is 36.0 Å². The molecule has 0 fully saturated rings. The molecule has 200 valence electrons. The van der Waals surface area contributed by atoms with E-state index in [2.05, 4.69) is 30.7 Å². The lowest BCUT2D eigenvalue weighted by molar-refractivity contribution is -0.131. The fraction of sp³-hybridized carbons (Fsp3) is 0.226. The van der Waals surface area contributed by atoms with E-state index in [1.807, 2.05) is 66.4 Å². The van der Waals surface area contributed by atoms with Gasteiger partial charge in [-0.3, -0.25) is 9.52 Å². The number of carboxylic acid groups (broad SMARTS) is 1. The number of hydrogen-bond donors (Lipinski definition) is 2. The number of aryl methyl sites for hydroxylation is 1. The molecule has 3 aromatic rings. The third kappa shape index (κ3) is 5.81. The van der Waals surface area contributed by atoms with Gasteiger partial charge in [0.1, 0.15) is 0 Å². The summed E-state index contributed by atoms with van der Waals surface area (Å²) in [6.45, 7) is 4.45. The van der Waals surface area contributed by atoms with E-state index in [-0.39, 0.29) is 12.7 Å². The minimum Gasteiger partial charge on any atom is -0.478 e. The molecule has 39 heavy (non-hydrogen) atoms. The molecule has 5 rings (SSSR count). The zero-order chi connectivity index (χ0) is 27.5. The first-order valence-corrected chi connectivity index (χ1v) is 13.6. The van der Waals surface area contributed by atoms with Crippen molar-refractivity contribution in [1.29, 1.82) is 0 Å². The standard InChI is InChI=1S/C31H30N2O5S/c1-19(2)21-8-11-23(12-9-21)39-32-31(36)30(22-10-13-27-28(16-22)38-18-37-27)25-17-33(3)26-15-20(7-14-29(34)35)5-4-6-24(25)26/h4,6-17,19,30H,5,18H2,1-3H3,(H,32,36)(H,34,35)/b14-7+. The number of aromatic nitrogens is 1. The van der Waals surface area contributed by atoms with Crippen molar-refractivity contribution in [2.24, 2.45) is 7.05 Å². The van der Waals surface area contributed by atoms with Crippen LogP contribution in [0.15, 0.2) is 77.4 Å². The Bertz CT molecular complexity index is 1500. The van der Waals surface area contributed by atoms with Crippen molar-refractivity contribution in [1.82, 2.24) is 9.29 Å². The van der Waals surface area contributed by atoms with Gasteiger partial charge < -0.3 is 19.1 Å². The Morgan fingerprint density at radius 3 is 2.56 bits per heavy atom. The molecule has 1 aliphatic heterocycles. The summed E-state index contributed by atoms with van der Waals surface area (Å²) in [5.74, 6) is -0.0702. The van der Waals surface area contributed by atoms with Crippen molar-refractivity contribution < 1.29 is 24.2 Å². The summed E-state index contributed by atoms with van der Waals surface area (Å²) in [5.41, 5.74) is 5.56. The molecule has 2 aromatic carbocycles. The molecule has 0 radical (unpaired) electrons. The van der Waals surface area contributed by atoms with E-state index in [4.69, 9.17) is 14.6 Å². The number of rotatable bonds is 8. The first-order chi connectivity index (χ1) is 18.8. The van der Waals surface area contributed by atoms with Gasteiger partial charge in [-0.1, -0.05) is 50.3 Å². The van der Waals surface area contributed by atoms with Crippen LogP contribution in [0.25, 0.3) is 12.2 Å². The average molecular weight is 543 g/mol. The summed E-state index contributed by atoms with van der Waals surface area (Å²) < 4.78 is 16.2. The van der Waals surface area contributed by atoms with Crippen LogP contribution in [0.1, 0.15) is 60.1 Å². The van der Waals surface area contributed by atoms with E-state index in [9.17, 15) is 9.59 Å². The number of amides is 1. The van der Waals surface area contributed by atoms with Gasteiger partial charge in [-0.05, 0) is 76.9 Å². The van der Waals surface area contributed by atoms with Crippen LogP contribution in [-0.2, 0) is 16.6 Å². The lowest BCUT2D eigenvalue weighted by atomic mass is 9.89.